The second kappa shape index (κ2) is 9.20. The molecule has 0 aromatic carbocycles. The van der Waals surface area contributed by atoms with Gasteiger partial charge in [-0.05, 0) is 52.2 Å². The molecule has 3 aromatic rings. The van der Waals surface area contributed by atoms with Crippen molar-refractivity contribution in [3.05, 3.63) is 46.1 Å². The monoisotopic (exact) mass is 483 g/mol. The van der Waals surface area contributed by atoms with Crippen LogP contribution >= 0.6 is 0 Å². The Morgan fingerprint density at radius 2 is 1.97 bits per heavy atom. The van der Waals surface area contributed by atoms with Gasteiger partial charge in [-0.15, -0.1) is 5.10 Å². The Hall–Kier alpha value is -3.63. The number of nitrogens with zero attached hydrogens (tertiary/aromatic N) is 6. The van der Waals surface area contributed by atoms with Crippen LogP contribution in [0.3, 0.4) is 0 Å². The van der Waals surface area contributed by atoms with Crippen LogP contribution in [0.15, 0.2) is 29.3 Å². The summed E-state index contributed by atoms with van der Waals surface area (Å²) in [6.45, 7) is 12.7. The number of H-pyrrole nitrogens is 1. The highest BCUT2D eigenvalue weighted by Crippen LogP contribution is 2.22. The summed E-state index contributed by atoms with van der Waals surface area (Å²) in [6.07, 6.45) is 3.51. The van der Waals surface area contributed by atoms with Gasteiger partial charge in [0.1, 0.15) is 11.1 Å². The number of ether oxygens (including phenoxy) is 1. The van der Waals surface area contributed by atoms with E-state index in [0.717, 1.165) is 0 Å². The molecule has 0 bridgehead atoms. The van der Waals surface area contributed by atoms with Crippen LogP contribution < -0.4 is 5.56 Å². The molecule has 1 N–H and O–H groups in total. The summed E-state index contributed by atoms with van der Waals surface area (Å²) >= 11 is 0. The topological polar surface area (TPSA) is 118 Å². The fraction of sp³-hybridized carbons (Fsp3) is 0.542. The van der Waals surface area contributed by atoms with Crippen molar-refractivity contribution in [3.8, 4) is 5.95 Å². The molecule has 188 valence electrons. The first-order valence-corrected chi connectivity index (χ1v) is 11.9. The zero-order chi connectivity index (χ0) is 25.5. The van der Waals surface area contributed by atoms with Crippen LogP contribution in [-0.2, 0) is 4.74 Å². The number of carbonyl (C=O) groups is 2. The third kappa shape index (κ3) is 4.94. The molecule has 11 nitrogen and oxygen atoms in total. The van der Waals surface area contributed by atoms with Gasteiger partial charge in [-0.2, -0.15) is 5.10 Å². The van der Waals surface area contributed by atoms with Crippen molar-refractivity contribution in [2.75, 3.05) is 19.6 Å². The Labute approximate surface area is 203 Å². The van der Waals surface area contributed by atoms with E-state index in [2.05, 4.69) is 15.2 Å². The van der Waals surface area contributed by atoms with Crippen LogP contribution in [0.4, 0.5) is 4.79 Å². The van der Waals surface area contributed by atoms with E-state index in [-0.39, 0.29) is 35.5 Å². The molecule has 0 aliphatic carbocycles. The first-order valence-electron chi connectivity index (χ1n) is 11.9. The molecule has 1 aliphatic heterocycles. The summed E-state index contributed by atoms with van der Waals surface area (Å²) in [6, 6.07) is 3.24. The van der Waals surface area contributed by atoms with Gasteiger partial charge in [0.15, 0.2) is 0 Å². The standard InChI is InChI=1S/C24H33N7O4/c1-7-17-14-28(12-15(2)13-29(17)23(34)35-24(4,5)6)21(33)18-11-25-31(16(18)3)22-26-20(32)19-9-8-10-30(19)27-22/h8-11,15,17H,7,12-14H2,1-6H3,(H,26,27,32). The molecule has 3 aromatic heterocycles. The maximum Gasteiger partial charge on any atom is 0.410 e. The van der Waals surface area contributed by atoms with Crippen molar-refractivity contribution in [1.29, 1.82) is 0 Å². The molecule has 2 atom stereocenters. The third-order valence-electron chi connectivity index (χ3n) is 6.13. The minimum atomic E-state index is -0.592. The van der Waals surface area contributed by atoms with Gasteiger partial charge in [0.05, 0.1) is 23.5 Å². The average Bonchev–Trinajstić information content (AvgIpc) is 3.35. The van der Waals surface area contributed by atoms with E-state index in [0.29, 0.717) is 42.8 Å². The number of nitrogens with one attached hydrogen (secondary N) is 1. The SMILES string of the molecule is CCC1CN(C(=O)c2cnn(-c3nn4cccc4c(=O)[nH]3)c2C)CC(C)CN1C(=O)OC(C)(C)C. The van der Waals surface area contributed by atoms with Crippen molar-refractivity contribution in [1.82, 2.24) is 34.2 Å². The molecule has 1 saturated heterocycles. The second-order valence-corrected chi connectivity index (χ2v) is 10.2. The van der Waals surface area contributed by atoms with E-state index >= 15 is 0 Å². The van der Waals surface area contributed by atoms with Gasteiger partial charge in [0.2, 0.25) is 5.95 Å². The summed E-state index contributed by atoms with van der Waals surface area (Å²) in [5.41, 5.74) is 0.530. The van der Waals surface area contributed by atoms with Crippen LogP contribution in [0.1, 0.15) is 57.1 Å². The molecule has 4 rings (SSSR count). The van der Waals surface area contributed by atoms with Gasteiger partial charge in [0.25, 0.3) is 11.5 Å². The first-order chi connectivity index (χ1) is 16.5. The number of hydrogen-bond donors (Lipinski definition) is 1. The molecule has 0 saturated carbocycles. The van der Waals surface area contributed by atoms with Crippen LogP contribution in [-0.4, -0.2) is 77.5 Å². The number of rotatable bonds is 3. The van der Waals surface area contributed by atoms with Crippen molar-refractivity contribution in [3.63, 3.8) is 0 Å². The van der Waals surface area contributed by atoms with E-state index in [1.165, 1.54) is 15.4 Å². The summed E-state index contributed by atoms with van der Waals surface area (Å²) < 4.78 is 8.57. The van der Waals surface area contributed by atoms with Crippen LogP contribution in [0.2, 0.25) is 0 Å². The molecule has 0 radical (unpaired) electrons. The average molecular weight is 484 g/mol. The lowest BCUT2D eigenvalue weighted by Gasteiger charge is -2.33. The molecule has 35 heavy (non-hydrogen) atoms. The fourth-order valence-electron chi connectivity index (χ4n) is 4.44. The quantitative estimate of drug-likeness (QED) is 0.612. The largest absolute Gasteiger partial charge is 0.444 e. The highest BCUT2D eigenvalue weighted by atomic mass is 16.6. The van der Waals surface area contributed by atoms with E-state index < -0.39 is 5.60 Å². The normalized spacial score (nSPS) is 19.1. The lowest BCUT2D eigenvalue weighted by atomic mass is 10.1. The van der Waals surface area contributed by atoms with Crippen molar-refractivity contribution in [2.45, 2.75) is 59.6 Å². The molecule has 1 aliphatic rings. The number of carbonyl (C=O) groups excluding carboxylic acids is 2. The lowest BCUT2D eigenvalue weighted by Crippen LogP contribution is -2.47. The van der Waals surface area contributed by atoms with Crippen LogP contribution in [0, 0.1) is 12.8 Å². The Bertz CT molecular complexity index is 1300. The Kier molecular flexibility index (Phi) is 6.44. The first kappa shape index (κ1) is 24.5. The number of hydrogen-bond acceptors (Lipinski definition) is 6. The van der Waals surface area contributed by atoms with Crippen molar-refractivity contribution < 1.29 is 14.3 Å². The zero-order valence-corrected chi connectivity index (χ0v) is 21.1. The highest BCUT2D eigenvalue weighted by Gasteiger charge is 2.35. The van der Waals surface area contributed by atoms with Crippen LogP contribution in [0.25, 0.3) is 11.5 Å². The van der Waals surface area contributed by atoms with Gasteiger partial charge >= 0.3 is 6.09 Å². The van der Waals surface area contributed by atoms with Crippen molar-refractivity contribution >= 4 is 17.5 Å². The minimum absolute atomic E-state index is 0.0625. The Morgan fingerprint density at radius 3 is 2.66 bits per heavy atom. The molecule has 2 amide bonds. The minimum Gasteiger partial charge on any atom is -0.444 e. The third-order valence-corrected chi connectivity index (χ3v) is 6.13. The number of aromatic amines is 1. The maximum atomic E-state index is 13.6. The van der Waals surface area contributed by atoms with E-state index in [4.69, 9.17) is 4.74 Å². The van der Waals surface area contributed by atoms with E-state index in [1.807, 2.05) is 34.6 Å². The van der Waals surface area contributed by atoms with Gasteiger partial charge in [0, 0.05) is 25.8 Å². The molecule has 2 unspecified atom stereocenters. The molecule has 11 heteroatoms. The van der Waals surface area contributed by atoms with E-state index in [1.54, 1.807) is 35.1 Å². The summed E-state index contributed by atoms with van der Waals surface area (Å²) in [5, 5.41) is 8.74. The molecule has 0 spiro atoms. The van der Waals surface area contributed by atoms with Crippen LogP contribution in [0.5, 0.6) is 0 Å². The summed E-state index contributed by atoms with van der Waals surface area (Å²) in [7, 11) is 0. The molecule has 4 heterocycles. The fourth-order valence-corrected chi connectivity index (χ4v) is 4.44. The maximum absolute atomic E-state index is 13.6. The van der Waals surface area contributed by atoms with Gasteiger partial charge in [-0.25, -0.2) is 14.0 Å². The molecular weight excluding hydrogens is 450 g/mol. The number of amides is 2. The lowest BCUT2D eigenvalue weighted by molar-refractivity contribution is 0.0141. The molecule has 1 fully saturated rings. The molecular formula is C24H33N7O4. The zero-order valence-electron chi connectivity index (χ0n) is 21.1. The van der Waals surface area contributed by atoms with Gasteiger partial charge < -0.3 is 14.5 Å². The summed E-state index contributed by atoms with van der Waals surface area (Å²) in [5.74, 6) is 0.115. The highest BCUT2D eigenvalue weighted by molar-refractivity contribution is 5.95. The number of aromatic nitrogens is 5. The van der Waals surface area contributed by atoms with E-state index in [9.17, 15) is 14.4 Å². The van der Waals surface area contributed by atoms with Crippen molar-refractivity contribution in [2.24, 2.45) is 5.92 Å². The summed E-state index contributed by atoms with van der Waals surface area (Å²) in [4.78, 5) is 45.1. The van der Waals surface area contributed by atoms with Gasteiger partial charge in [-0.3, -0.25) is 14.6 Å². The predicted octanol–water partition coefficient (Wildman–Crippen LogP) is 2.62. The number of fused-ring (bicyclic) bond motifs is 1. The second-order valence-electron chi connectivity index (χ2n) is 10.2. The Balaban J connectivity index is 1.60. The van der Waals surface area contributed by atoms with Gasteiger partial charge in [-0.1, -0.05) is 13.8 Å². The predicted molar refractivity (Wildman–Crippen MR) is 130 cm³/mol. The smallest absolute Gasteiger partial charge is 0.410 e. The Morgan fingerprint density at radius 1 is 1.23 bits per heavy atom.